The molecule has 2 heterocycles. The lowest BCUT2D eigenvalue weighted by Crippen LogP contribution is -2.40. The highest BCUT2D eigenvalue weighted by Crippen LogP contribution is 2.28. The maximum Gasteiger partial charge on any atom is 0.242 e. The molecule has 0 radical (unpaired) electrons. The number of rotatable bonds is 6. The number of carbonyl (C=O) groups is 1. The number of imidazole rings is 1. The molecule has 1 aliphatic heterocycles. The van der Waals surface area contributed by atoms with Crippen LogP contribution in [0.1, 0.15) is 63.4 Å². The van der Waals surface area contributed by atoms with Gasteiger partial charge in [-0.1, -0.05) is 64.1 Å². The first-order chi connectivity index (χ1) is 14.9. The van der Waals surface area contributed by atoms with Crippen molar-refractivity contribution in [3.05, 3.63) is 65.5 Å². The fourth-order valence-electron chi connectivity index (χ4n) is 4.65. The zero-order valence-corrected chi connectivity index (χ0v) is 19.3. The Balaban J connectivity index is 1.62. The summed E-state index contributed by atoms with van der Waals surface area (Å²) in [5.74, 6) is 2.66. The van der Waals surface area contributed by atoms with Crippen molar-refractivity contribution in [1.82, 2.24) is 14.5 Å². The molecule has 0 aliphatic carbocycles. The Labute approximate surface area is 186 Å². The van der Waals surface area contributed by atoms with E-state index in [4.69, 9.17) is 4.98 Å². The van der Waals surface area contributed by atoms with Crippen LogP contribution in [0.15, 0.2) is 48.5 Å². The molecule has 1 aliphatic rings. The van der Waals surface area contributed by atoms with Gasteiger partial charge in [0, 0.05) is 19.0 Å². The number of fused-ring (bicyclic) bond motifs is 1. The lowest BCUT2D eigenvalue weighted by molar-refractivity contribution is -0.133. The molecule has 1 amide bonds. The van der Waals surface area contributed by atoms with E-state index in [1.165, 1.54) is 11.1 Å². The summed E-state index contributed by atoms with van der Waals surface area (Å²) in [6.45, 7) is 11.1. The number of benzene rings is 2. The van der Waals surface area contributed by atoms with E-state index in [1.54, 1.807) is 0 Å². The van der Waals surface area contributed by atoms with Crippen molar-refractivity contribution < 1.29 is 4.79 Å². The molecule has 3 aromatic rings. The average Bonchev–Trinajstić information content (AvgIpc) is 3.12. The van der Waals surface area contributed by atoms with Crippen LogP contribution in [-0.4, -0.2) is 33.4 Å². The maximum absolute atomic E-state index is 13.2. The van der Waals surface area contributed by atoms with Gasteiger partial charge in [-0.15, -0.1) is 0 Å². The molecule has 1 fully saturated rings. The van der Waals surface area contributed by atoms with Gasteiger partial charge in [-0.05, 0) is 54.4 Å². The molecule has 0 spiro atoms. The highest BCUT2D eigenvalue weighted by molar-refractivity contribution is 5.81. The first kappa shape index (κ1) is 21.6. The summed E-state index contributed by atoms with van der Waals surface area (Å²) in [6, 6.07) is 17.1. The molecule has 4 heteroatoms. The van der Waals surface area contributed by atoms with Crippen molar-refractivity contribution >= 4 is 16.9 Å². The third-order valence-corrected chi connectivity index (χ3v) is 6.62. The smallest absolute Gasteiger partial charge is 0.242 e. The van der Waals surface area contributed by atoms with Gasteiger partial charge in [-0.3, -0.25) is 4.79 Å². The summed E-state index contributed by atoms with van der Waals surface area (Å²) in [6.07, 6.45) is 3.29. The molecule has 1 aromatic heterocycles. The standard InChI is InChI=1S/C27H35N3O/c1-19(2)17-22-9-11-23(12-10-22)21(4)27-28-24-7-5-6-8-25(24)30(27)18-26(31)29-15-13-20(3)14-16-29/h5-12,19-21H,13-18H2,1-4H3. The Morgan fingerprint density at radius 1 is 1.03 bits per heavy atom. The second-order valence-electron chi connectivity index (χ2n) is 9.67. The van der Waals surface area contributed by atoms with Gasteiger partial charge in [-0.2, -0.15) is 0 Å². The van der Waals surface area contributed by atoms with Crippen LogP contribution < -0.4 is 0 Å². The third kappa shape index (κ3) is 4.84. The molecule has 1 saturated heterocycles. The van der Waals surface area contributed by atoms with Gasteiger partial charge in [0.25, 0.3) is 0 Å². The van der Waals surface area contributed by atoms with Crippen LogP contribution in [0.2, 0.25) is 0 Å². The van der Waals surface area contributed by atoms with Gasteiger partial charge in [0.1, 0.15) is 12.4 Å². The highest BCUT2D eigenvalue weighted by Gasteiger charge is 2.24. The van der Waals surface area contributed by atoms with E-state index in [1.807, 2.05) is 23.1 Å². The van der Waals surface area contributed by atoms with Crippen LogP contribution in [0, 0.1) is 11.8 Å². The van der Waals surface area contributed by atoms with E-state index < -0.39 is 0 Å². The minimum Gasteiger partial charge on any atom is -0.341 e. The molecule has 2 aromatic carbocycles. The fourth-order valence-corrected chi connectivity index (χ4v) is 4.65. The molecular formula is C27H35N3O. The van der Waals surface area contributed by atoms with E-state index in [0.29, 0.717) is 18.4 Å². The largest absolute Gasteiger partial charge is 0.341 e. The highest BCUT2D eigenvalue weighted by atomic mass is 16.2. The van der Waals surface area contributed by atoms with E-state index in [2.05, 4.69) is 62.6 Å². The number of nitrogens with zero attached hydrogens (tertiary/aromatic N) is 3. The van der Waals surface area contributed by atoms with Crippen LogP contribution in [0.25, 0.3) is 11.0 Å². The van der Waals surface area contributed by atoms with Crippen LogP contribution in [0.3, 0.4) is 0 Å². The van der Waals surface area contributed by atoms with Crippen LogP contribution in [0.4, 0.5) is 0 Å². The molecule has 1 atom stereocenters. The number of amides is 1. The van der Waals surface area contributed by atoms with Crippen molar-refractivity contribution in [3.63, 3.8) is 0 Å². The summed E-state index contributed by atoms with van der Waals surface area (Å²) in [5.41, 5.74) is 4.61. The summed E-state index contributed by atoms with van der Waals surface area (Å²) in [5, 5.41) is 0. The number of hydrogen-bond donors (Lipinski definition) is 0. The lowest BCUT2D eigenvalue weighted by atomic mass is 9.96. The summed E-state index contributed by atoms with van der Waals surface area (Å²) < 4.78 is 2.14. The second-order valence-corrected chi connectivity index (χ2v) is 9.67. The Morgan fingerprint density at radius 2 is 1.71 bits per heavy atom. The van der Waals surface area contributed by atoms with Gasteiger partial charge in [0.2, 0.25) is 5.91 Å². The summed E-state index contributed by atoms with van der Waals surface area (Å²) in [4.78, 5) is 20.1. The maximum atomic E-state index is 13.2. The monoisotopic (exact) mass is 417 g/mol. The van der Waals surface area contributed by atoms with Crippen molar-refractivity contribution in [2.45, 2.75) is 59.4 Å². The Bertz CT molecular complexity index is 1030. The van der Waals surface area contributed by atoms with Crippen molar-refractivity contribution in [2.24, 2.45) is 11.8 Å². The molecule has 0 saturated carbocycles. The second kappa shape index (κ2) is 9.25. The van der Waals surface area contributed by atoms with Gasteiger partial charge in [-0.25, -0.2) is 4.98 Å². The lowest BCUT2D eigenvalue weighted by Gasteiger charge is -2.30. The topological polar surface area (TPSA) is 38.1 Å². The quantitative estimate of drug-likeness (QED) is 0.520. The third-order valence-electron chi connectivity index (χ3n) is 6.62. The van der Waals surface area contributed by atoms with Gasteiger partial charge < -0.3 is 9.47 Å². The normalized spacial score (nSPS) is 16.2. The zero-order chi connectivity index (χ0) is 22.0. The van der Waals surface area contributed by atoms with Crippen molar-refractivity contribution in [1.29, 1.82) is 0 Å². The van der Waals surface area contributed by atoms with Gasteiger partial charge in [0.15, 0.2) is 0 Å². The molecule has 164 valence electrons. The number of aromatic nitrogens is 2. The first-order valence-corrected chi connectivity index (χ1v) is 11.7. The minimum absolute atomic E-state index is 0.120. The van der Waals surface area contributed by atoms with Gasteiger partial charge >= 0.3 is 0 Å². The van der Waals surface area contributed by atoms with Crippen LogP contribution in [0.5, 0.6) is 0 Å². The molecule has 0 bridgehead atoms. The molecule has 4 nitrogen and oxygen atoms in total. The number of carbonyl (C=O) groups excluding carboxylic acids is 1. The minimum atomic E-state index is 0.120. The van der Waals surface area contributed by atoms with E-state index in [0.717, 1.165) is 49.2 Å². The molecule has 4 rings (SSSR count). The predicted molar refractivity (Wildman–Crippen MR) is 127 cm³/mol. The fraction of sp³-hybridized carbons (Fsp3) is 0.481. The first-order valence-electron chi connectivity index (χ1n) is 11.7. The van der Waals surface area contributed by atoms with Crippen LogP contribution >= 0.6 is 0 Å². The SMILES string of the molecule is CC(C)Cc1ccc(C(C)c2nc3ccccc3n2CC(=O)N2CCC(C)CC2)cc1. The van der Waals surface area contributed by atoms with Crippen molar-refractivity contribution in [3.8, 4) is 0 Å². The number of hydrogen-bond acceptors (Lipinski definition) is 2. The number of likely N-dealkylation sites (tertiary alicyclic amines) is 1. The Morgan fingerprint density at radius 3 is 2.39 bits per heavy atom. The Hall–Kier alpha value is -2.62. The number of para-hydroxylation sites is 2. The molecule has 31 heavy (non-hydrogen) atoms. The van der Waals surface area contributed by atoms with Crippen LogP contribution in [-0.2, 0) is 17.8 Å². The molecular weight excluding hydrogens is 382 g/mol. The van der Waals surface area contributed by atoms with Gasteiger partial charge in [0.05, 0.1) is 11.0 Å². The van der Waals surface area contributed by atoms with E-state index in [9.17, 15) is 4.79 Å². The molecule has 0 N–H and O–H groups in total. The molecule has 1 unspecified atom stereocenters. The Kier molecular flexibility index (Phi) is 6.45. The van der Waals surface area contributed by atoms with E-state index in [-0.39, 0.29) is 11.8 Å². The average molecular weight is 418 g/mol. The predicted octanol–water partition coefficient (Wildman–Crippen LogP) is 5.65. The summed E-state index contributed by atoms with van der Waals surface area (Å²) in [7, 11) is 0. The van der Waals surface area contributed by atoms with E-state index >= 15 is 0 Å². The summed E-state index contributed by atoms with van der Waals surface area (Å²) >= 11 is 0. The number of piperidine rings is 1. The zero-order valence-electron chi connectivity index (χ0n) is 19.3. The van der Waals surface area contributed by atoms with Crippen molar-refractivity contribution in [2.75, 3.05) is 13.1 Å².